The van der Waals surface area contributed by atoms with E-state index in [-0.39, 0.29) is 38.8 Å². The zero-order valence-corrected chi connectivity index (χ0v) is 13.5. The van der Waals surface area contributed by atoms with Crippen molar-refractivity contribution in [1.82, 2.24) is 5.32 Å². The molecule has 1 radical (unpaired) electrons. The number of hydrogen-bond donors (Lipinski definition) is 2. The second-order valence-electron chi connectivity index (χ2n) is 4.53. The van der Waals surface area contributed by atoms with E-state index in [9.17, 15) is 9.59 Å². The van der Waals surface area contributed by atoms with Crippen molar-refractivity contribution in [2.45, 2.75) is 45.3 Å². The number of rotatable bonds is 5. The van der Waals surface area contributed by atoms with Crippen LogP contribution in [-0.4, -0.2) is 23.6 Å². The van der Waals surface area contributed by atoms with Gasteiger partial charge in [-0.15, -0.1) is 0 Å². The fourth-order valence-corrected chi connectivity index (χ4v) is 0.973. The van der Waals surface area contributed by atoms with Gasteiger partial charge in [0.25, 0.3) is 0 Å². The van der Waals surface area contributed by atoms with Gasteiger partial charge in [-0.3, -0.25) is 0 Å². The Labute approximate surface area is 128 Å². The Morgan fingerprint density at radius 1 is 1.47 bits per heavy atom. The summed E-state index contributed by atoms with van der Waals surface area (Å²) in [6.07, 6.45) is 1.88. The molecule has 0 aromatic carbocycles. The molecule has 0 rings (SSSR count). The minimum atomic E-state index is -0.525. The molecule has 1 atom stereocenters. The van der Waals surface area contributed by atoms with Crippen LogP contribution < -0.4 is 11.1 Å². The molecular weight excluding hydrogens is 297 g/mol. The van der Waals surface area contributed by atoms with Gasteiger partial charge in [0.2, 0.25) is 0 Å². The van der Waals surface area contributed by atoms with Gasteiger partial charge in [0.15, 0.2) is 0 Å². The molecule has 0 saturated heterocycles. The second-order valence-corrected chi connectivity index (χ2v) is 4.53. The van der Waals surface area contributed by atoms with Gasteiger partial charge in [-0.05, 0) is 20.8 Å². The van der Waals surface area contributed by atoms with E-state index in [0.717, 1.165) is 0 Å². The van der Waals surface area contributed by atoms with Crippen LogP contribution in [0.1, 0.15) is 33.6 Å². The van der Waals surface area contributed by atoms with E-state index in [2.05, 4.69) is 12.2 Å². The molecule has 0 aliphatic rings. The largest absolute Gasteiger partial charge is 0.444 e. The molecule has 0 aliphatic carbocycles. The third kappa shape index (κ3) is 13.7. The molecule has 0 unspecified atom stereocenters. The third-order valence-corrected chi connectivity index (χ3v) is 1.58. The predicted octanol–water partition coefficient (Wildman–Crippen LogP) is 1.18. The van der Waals surface area contributed by atoms with E-state index >= 15 is 0 Å². The number of ether oxygens (including phenoxy) is 1. The fourth-order valence-electron chi connectivity index (χ4n) is 0.973. The first-order valence-electron chi connectivity index (χ1n) is 5.16. The number of hydrogen-bond acceptors (Lipinski definition) is 3. The number of carbonyl (C=O) groups is 2. The summed E-state index contributed by atoms with van der Waals surface area (Å²) in [5.74, 6) is -0.468. The van der Waals surface area contributed by atoms with Crippen molar-refractivity contribution in [2.75, 3.05) is 0 Å². The van der Waals surface area contributed by atoms with Crippen molar-refractivity contribution >= 4 is 12.0 Å². The van der Waals surface area contributed by atoms with Crippen molar-refractivity contribution in [3.8, 4) is 0 Å². The van der Waals surface area contributed by atoms with Crippen LogP contribution in [0.25, 0.3) is 0 Å². The number of nitrogens with one attached hydrogen (secondary N) is 1. The number of alkyl carbamates (subject to hydrolysis) is 1. The Kier molecular flexibility index (Phi) is 9.82. The summed E-state index contributed by atoms with van der Waals surface area (Å²) < 4.78 is 5.04. The number of amides is 2. The maximum absolute atomic E-state index is 11.3. The average molecular weight is 317 g/mol. The molecule has 0 heterocycles. The smallest absolute Gasteiger partial charge is 0.405 e. The third-order valence-electron chi connectivity index (χ3n) is 1.58. The molecule has 0 aromatic heterocycles. The maximum atomic E-state index is 11.3. The number of primary amides is 1. The van der Waals surface area contributed by atoms with E-state index in [1.807, 2.05) is 0 Å². The minimum Gasteiger partial charge on any atom is -0.444 e. The molecule has 6 heteroatoms. The van der Waals surface area contributed by atoms with E-state index in [1.54, 1.807) is 20.8 Å². The fraction of sp³-hybridized carbons (Fsp3) is 0.636. The normalized spacial score (nSPS) is 12.0. The van der Waals surface area contributed by atoms with Gasteiger partial charge in [-0.25, -0.2) is 4.79 Å². The van der Waals surface area contributed by atoms with Crippen molar-refractivity contribution < 1.29 is 47.0 Å². The molecule has 0 fully saturated rings. The van der Waals surface area contributed by atoms with Gasteiger partial charge in [-0.1, -0.05) is 12.5 Å². The predicted molar refractivity (Wildman–Crippen MR) is 61.2 cm³/mol. The quantitative estimate of drug-likeness (QED) is 0.747. The van der Waals surface area contributed by atoms with E-state index in [1.165, 1.54) is 6.42 Å². The topological polar surface area (TPSA) is 81.4 Å². The maximum Gasteiger partial charge on any atom is 0.405 e. The summed E-state index contributed by atoms with van der Waals surface area (Å²) in [5.41, 5.74) is 4.41. The molecule has 2 amide bonds. The SMILES string of the molecule is [CH2-][C@@H](CC[CH-]C(N)=O)NC(=O)OC(C)(C)C.[Y]. The summed E-state index contributed by atoms with van der Waals surface area (Å²) in [6.45, 7) is 9.07. The van der Waals surface area contributed by atoms with Crippen molar-refractivity contribution in [1.29, 1.82) is 0 Å². The van der Waals surface area contributed by atoms with Gasteiger partial charge in [0.1, 0.15) is 5.60 Å². The van der Waals surface area contributed by atoms with E-state index in [0.29, 0.717) is 12.8 Å². The summed E-state index contributed by atoms with van der Waals surface area (Å²) in [7, 11) is 0. The molecule has 0 spiro atoms. The molecule has 3 N–H and O–H groups in total. The van der Waals surface area contributed by atoms with Crippen LogP contribution in [0.15, 0.2) is 0 Å². The van der Waals surface area contributed by atoms with Crippen LogP contribution in [0.4, 0.5) is 4.79 Å². The second kappa shape index (κ2) is 8.75. The average Bonchev–Trinajstić information content (AvgIpc) is 1.98. The number of nitrogens with two attached hydrogens (primary N) is 1. The Morgan fingerprint density at radius 3 is 2.41 bits per heavy atom. The monoisotopic (exact) mass is 317 g/mol. The van der Waals surface area contributed by atoms with Gasteiger partial charge in [-0.2, -0.15) is 6.42 Å². The first-order valence-corrected chi connectivity index (χ1v) is 5.16. The summed E-state index contributed by atoms with van der Waals surface area (Å²) in [6, 6.07) is -0.301. The van der Waals surface area contributed by atoms with Crippen molar-refractivity contribution in [3.63, 3.8) is 0 Å². The van der Waals surface area contributed by atoms with Crippen LogP contribution in [0.2, 0.25) is 0 Å². The van der Waals surface area contributed by atoms with Crippen molar-refractivity contribution in [3.05, 3.63) is 13.3 Å². The van der Waals surface area contributed by atoms with Crippen LogP contribution in [0, 0.1) is 13.3 Å². The van der Waals surface area contributed by atoms with Crippen molar-refractivity contribution in [2.24, 2.45) is 5.73 Å². The summed E-state index contributed by atoms with van der Waals surface area (Å²) >= 11 is 0. The molecule has 97 valence electrons. The van der Waals surface area contributed by atoms with Gasteiger partial charge < -0.3 is 33.9 Å². The van der Waals surface area contributed by atoms with Crippen LogP contribution in [-0.2, 0) is 42.2 Å². The van der Waals surface area contributed by atoms with Gasteiger partial charge in [0, 0.05) is 32.7 Å². The molecule has 0 saturated carbocycles. The molecule has 0 aliphatic heterocycles. The first kappa shape index (κ1) is 19.1. The van der Waals surface area contributed by atoms with Gasteiger partial charge in [0.05, 0.1) is 5.91 Å². The Morgan fingerprint density at radius 2 is 2.00 bits per heavy atom. The molecular formula is C11H20N2O3Y-2. The minimum absolute atomic E-state index is 0. The first-order chi connectivity index (χ1) is 7.20. The summed E-state index contributed by atoms with van der Waals surface area (Å²) in [4.78, 5) is 21.7. The molecule has 0 aromatic rings. The zero-order chi connectivity index (χ0) is 12.8. The standard InChI is InChI=1S/C11H20N2O3.Y/c1-8(6-5-7-9(12)14)13-10(15)16-11(2,3)4;/h7-8H,1,5-6H2,2-4H3,(H2,12,14)(H,13,15);/q-2;/t8-;/m0./s1. The van der Waals surface area contributed by atoms with Crippen LogP contribution in [0.3, 0.4) is 0 Å². The number of carbonyl (C=O) groups excluding carboxylic acids is 2. The zero-order valence-electron chi connectivity index (χ0n) is 10.7. The Bertz CT molecular complexity index is 252. The summed E-state index contributed by atoms with van der Waals surface area (Å²) in [5, 5.41) is 2.57. The molecule has 5 nitrogen and oxygen atoms in total. The molecule has 17 heavy (non-hydrogen) atoms. The van der Waals surface area contributed by atoms with E-state index < -0.39 is 17.6 Å². The Balaban J connectivity index is 0. The van der Waals surface area contributed by atoms with E-state index in [4.69, 9.17) is 10.5 Å². The Hall–Kier alpha value is -0.286. The van der Waals surface area contributed by atoms with Crippen LogP contribution in [0.5, 0.6) is 0 Å². The van der Waals surface area contributed by atoms with Crippen LogP contribution >= 0.6 is 0 Å². The molecule has 0 bridgehead atoms. The van der Waals surface area contributed by atoms with Gasteiger partial charge >= 0.3 is 6.09 Å².